The molecule has 49 heavy (non-hydrogen) atoms. The predicted octanol–water partition coefficient (Wildman–Crippen LogP) is 9.66. The molecule has 0 saturated heterocycles. The molecule has 2 amide bonds. The molecule has 0 spiro atoms. The fraction of sp³-hybridized carbons (Fsp3) is 0.632. The number of amides is 2. The van der Waals surface area contributed by atoms with Crippen LogP contribution in [0.25, 0.3) is 0 Å². The number of benzene rings is 2. The third-order valence-corrected chi connectivity index (χ3v) is 10.3. The number of unbranched alkanes of at least 4 members (excludes halogenated alkanes) is 2. The number of nitrogens with two attached hydrogens (primary N) is 2. The first kappa shape index (κ1) is 39.9. The van der Waals surface area contributed by atoms with Gasteiger partial charge >= 0.3 is 12.2 Å². The van der Waals surface area contributed by atoms with Crippen LogP contribution >= 0.6 is 11.6 Å². The monoisotopic (exact) mass is 704 g/mol. The number of rotatable bonds is 9. The summed E-state index contributed by atoms with van der Waals surface area (Å²) in [5, 5.41) is 45.2. The second-order valence-electron chi connectivity index (χ2n) is 13.9. The summed E-state index contributed by atoms with van der Waals surface area (Å²) in [7, 11) is 0. The molecule has 0 fully saturated rings. The molecule has 11 heteroatoms. The van der Waals surface area contributed by atoms with Gasteiger partial charge in [0.25, 0.3) is 0 Å². The zero-order chi connectivity index (χ0) is 36.1. The van der Waals surface area contributed by atoms with Gasteiger partial charge in [-0.2, -0.15) is 0 Å². The van der Waals surface area contributed by atoms with Crippen molar-refractivity contribution in [3.63, 3.8) is 0 Å². The number of carbonyl (C=O) groups excluding carboxylic acids is 2. The highest BCUT2D eigenvalue weighted by Crippen LogP contribution is 2.46. The summed E-state index contributed by atoms with van der Waals surface area (Å²) in [4.78, 5) is 24.0. The lowest BCUT2D eigenvalue weighted by Gasteiger charge is -2.28. The molecule has 10 nitrogen and oxygen atoms in total. The molecule has 4 aliphatic carbocycles. The Morgan fingerprint density at radius 3 is 1.39 bits per heavy atom. The average molecular weight is 705 g/mol. The lowest BCUT2D eigenvalue weighted by Crippen LogP contribution is -2.22. The van der Waals surface area contributed by atoms with E-state index in [9.17, 15) is 30.0 Å². The number of ether oxygens (including phenoxy) is 2. The van der Waals surface area contributed by atoms with Crippen molar-refractivity contribution in [1.82, 2.24) is 0 Å². The third-order valence-electron chi connectivity index (χ3n) is 10.1. The number of phenols is 4. The molecule has 0 saturated carbocycles. The van der Waals surface area contributed by atoms with E-state index in [2.05, 4.69) is 6.92 Å². The first-order valence-electron chi connectivity index (χ1n) is 18.0. The largest absolute Gasteiger partial charge is 0.508 e. The Balaban J connectivity index is 2.04. The van der Waals surface area contributed by atoms with Gasteiger partial charge in [-0.25, -0.2) is 9.59 Å². The number of hydrogen-bond acceptors (Lipinski definition) is 8. The topological polar surface area (TPSA) is 186 Å². The van der Waals surface area contributed by atoms with Gasteiger partial charge in [0, 0.05) is 28.1 Å². The van der Waals surface area contributed by atoms with E-state index in [4.69, 9.17) is 32.5 Å². The standard InChI is InChI=1S/C38H57ClN2O8/c1-4-5-14-25-15-8-6-12-23(2)36(49-38(41)47)28-21-31(44)34(32(45)22-28)26(17-10-11-18-39)16-9-7-13-24(3)35(48-37(40)46)27-19-29(42)33(25)30(43)20-27/h19-26,35-36,42-45H,4-18H2,1-3H3,(H2,40,46)(H2,41,47)/t23-,24-,25?,26?,35+,36+/m0/s1. The van der Waals surface area contributed by atoms with Gasteiger partial charge in [0.2, 0.25) is 0 Å². The highest BCUT2D eigenvalue weighted by Gasteiger charge is 2.30. The molecule has 4 bridgehead atoms. The van der Waals surface area contributed by atoms with E-state index < -0.39 is 24.4 Å². The lowest BCUT2D eigenvalue weighted by atomic mass is 9.83. The fourth-order valence-electron chi connectivity index (χ4n) is 7.55. The van der Waals surface area contributed by atoms with Crippen LogP contribution in [0.4, 0.5) is 9.59 Å². The number of alkyl halides is 1. The van der Waals surface area contributed by atoms with Crippen LogP contribution in [0.2, 0.25) is 0 Å². The van der Waals surface area contributed by atoms with Crippen molar-refractivity contribution in [3.05, 3.63) is 46.5 Å². The van der Waals surface area contributed by atoms with Gasteiger partial charge in [0.05, 0.1) is 0 Å². The zero-order valence-corrected chi connectivity index (χ0v) is 30.1. The summed E-state index contributed by atoms with van der Waals surface area (Å²) in [6.07, 6.45) is 7.23. The van der Waals surface area contributed by atoms with Crippen LogP contribution in [-0.2, 0) is 9.47 Å². The van der Waals surface area contributed by atoms with E-state index in [1.165, 1.54) is 0 Å². The number of primary amides is 2. The van der Waals surface area contributed by atoms with E-state index in [-0.39, 0.29) is 46.7 Å². The van der Waals surface area contributed by atoms with E-state index in [1.807, 2.05) is 13.8 Å². The van der Waals surface area contributed by atoms with E-state index in [0.29, 0.717) is 60.2 Å². The molecule has 2 aromatic rings. The number of halogens is 1. The normalized spacial score (nSPS) is 24.1. The van der Waals surface area contributed by atoms with E-state index in [0.717, 1.165) is 57.8 Å². The van der Waals surface area contributed by atoms with Crippen molar-refractivity contribution < 1.29 is 39.5 Å². The van der Waals surface area contributed by atoms with Crippen molar-refractivity contribution in [2.24, 2.45) is 23.3 Å². The summed E-state index contributed by atoms with van der Waals surface area (Å²) < 4.78 is 11.1. The Kier molecular flexibility index (Phi) is 16.0. The second-order valence-corrected chi connectivity index (χ2v) is 14.3. The Morgan fingerprint density at radius 1 is 0.673 bits per heavy atom. The van der Waals surface area contributed by atoms with Crippen molar-refractivity contribution in [2.75, 3.05) is 5.88 Å². The predicted molar refractivity (Wildman–Crippen MR) is 191 cm³/mol. The number of aromatic hydroxyl groups is 4. The first-order valence-corrected chi connectivity index (χ1v) is 18.5. The molecule has 0 aliphatic heterocycles. The summed E-state index contributed by atoms with van der Waals surface area (Å²) in [6, 6.07) is 6.31. The van der Waals surface area contributed by atoms with E-state index >= 15 is 0 Å². The SMILES string of the molecule is CCCCC1CCCC[C@H](C)[C@@H](OC(N)=O)c2cc(O)c(c(O)c2)C(CCCCCl)CCCC[C@H](C)[C@@H](OC(N)=O)c2cc(O)c1c(O)c2. The number of phenolic OH excluding ortho intramolecular Hbond substituents is 4. The van der Waals surface area contributed by atoms with Crippen molar-refractivity contribution >= 4 is 23.8 Å². The summed E-state index contributed by atoms with van der Waals surface area (Å²) in [6.45, 7) is 5.98. The molecule has 0 radical (unpaired) electrons. The molecular weight excluding hydrogens is 648 g/mol. The number of carbonyl (C=O) groups is 2. The molecular formula is C38H57ClN2O8. The number of hydrogen-bond donors (Lipinski definition) is 6. The first-order chi connectivity index (χ1) is 23.4. The maximum absolute atomic E-state index is 12.0. The highest BCUT2D eigenvalue weighted by molar-refractivity contribution is 6.17. The molecule has 274 valence electrons. The quantitative estimate of drug-likeness (QED) is 0.110. The van der Waals surface area contributed by atoms with Gasteiger partial charge < -0.3 is 41.4 Å². The van der Waals surface area contributed by atoms with Gasteiger partial charge in [-0.3, -0.25) is 0 Å². The van der Waals surface area contributed by atoms with Crippen LogP contribution < -0.4 is 11.5 Å². The summed E-state index contributed by atoms with van der Waals surface area (Å²) in [5.41, 5.74) is 12.8. The van der Waals surface area contributed by atoms with Gasteiger partial charge in [-0.05, 0) is 92.9 Å². The molecule has 4 aliphatic rings. The van der Waals surface area contributed by atoms with E-state index in [1.54, 1.807) is 24.3 Å². The highest BCUT2D eigenvalue weighted by atomic mass is 35.5. The zero-order valence-electron chi connectivity index (χ0n) is 29.3. The minimum Gasteiger partial charge on any atom is -0.508 e. The van der Waals surface area contributed by atoms with Gasteiger partial charge in [0.15, 0.2) is 0 Å². The van der Waals surface area contributed by atoms with Crippen LogP contribution in [0.5, 0.6) is 23.0 Å². The maximum atomic E-state index is 12.0. The van der Waals surface area contributed by atoms with Gasteiger partial charge in [-0.1, -0.05) is 65.7 Å². The van der Waals surface area contributed by atoms with Crippen molar-refractivity contribution in [1.29, 1.82) is 0 Å². The minimum atomic E-state index is -0.938. The average Bonchev–Trinajstić information content (AvgIpc) is 3.03. The Bertz CT molecular complexity index is 1330. The van der Waals surface area contributed by atoms with Crippen LogP contribution in [0.1, 0.15) is 157 Å². The van der Waals surface area contributed by atoms with Gasteiger partial charge in [-0.15, -0.1) is 11.6 Å². The van der Waals surface area contributed by atoms with Crippen LogP contribution in [0.15, 0.2) is 24.3 Å². The minimum absolute atomic E-state index is 0.0331. The molecule has 6 atom stereocenters. The Hall–Kier alpha value is -3.53. The van der Waals surface area contributed by atoms with Crippen LogP contribution in [0, 0.1) is 11.8 Å². The van der Waals surface area contributed by atoms with Crippen molar-refractivity contribution in [3.8, 4) is 23.0 Å². The smallest absolute Gasteiger partial charge is 0.405 e. The molecule has 2 aromatic carbocycles. The lowest BCUT2D eigenvalue weighted by molar-refractivity contribution is 0.0683. The summed E-state index contributed by atoms with van der Waals surface area (Å²) >= 11 is 5.97. The summed E-state index contributed by atoms with van der Waals surface area (Å²) in [5.74, 6) is -0.295. The Labute approximate surface area is 296 Å². The Morgan fingerprint density at radius 2 is 1.04 bits per heavy atom. The second kappa shape index (κ2) is 19.6. The molecule has 0 heterocycles. The van der Waals surface area contributed by atoms with Crippen LogP contribution in [-0.4, -0.2) is 38.5 Å². The molecule has 2 unspecified atom stereocenters. The molecule has 0 aromatic heterocycles. The molecule has 8 N–H and O–H groups in total. The molecule has 6 rings (SSSR count). The van der Waals surface area contributed by atoms with Crippen LogP contribution in [0.3, 0.4) is 0 Å². The fourth-order valence-corrected chi connectivity index (χ4v) is 7.74. The van der Waals surface area contributed by atoms with Crippen molar-refractivity contribution in [2.45, 2.75) is 135 Å². The maximum Gasteiger partial charge on any atom is 0.405 e. The van der Waals surface area contributed by atoms with Gasteiger partial charge in [0.1, 0.15) is 35.2 Å². The third kappa shape index (κ3) is 11.5.